The first kappa shape index (κ1) is 18.2. The molecule has 0 bridgehead atoms. The lowest BCUT2D eigenvalue weighted by atomic mass is 9.78. The van der Waals surface area contributed by atoms with Crippen LogP contribution in [0.4, 0.5) is 5.13 Å². The molecule has 0 saturated carbocycles. The van der Waals surface area contributed by atoms with Crippen LogP contribution in [0.3, 0.4) is 0 Å². The fourth-order valence-electron chi connectivity index (χ4n) is 2.66. The highest BCUT2D eigenvalue weighted by atomic mass is 35.5. The molecule has 132 valence electrons. The number of hydrogen-bond acceptors (Lipinski definition) is 5. The number of aromatic nitrogens is 1. The van der Waals surface area contributed by atoms with Gasteiger partial charge in [-0.15, -0.1) is 0 Å². The van der Waals surface area contributed by atoms with Gasteiger partial charge in [0.05, 0.1) is 15.6 Å². The SMILES string of the molecule is CC1(C)CC(=O)c2sc(NC(=O)COc3ccc(Cl)cc3Cl)nc2C1. The molecule has 25 heavy (non-hydrogen) atoms. The standard InChI is InChI=1S/C17H16Cl2N2O3S/c1-17(2)6-11-15(12(22)7-17)25-16(20-11)21-14(23)8-24-13-4-3-9(18)5-10(13)19/h3-5H,6-8H2,1-2H3,(H,20,21,23). The maximum absolute atomic E-state index is 12.2. The molecule has 1 heterocycles. The van der Waals surface area contributed by atoms with Crippen molar-refractivity contribution < 1.29 is 14.3 Å². The predicted molar refractivity (Wildman–Crippen MR) is 99.1 cm³/mol. The number of benzene rings is 1. The number of ketones is 1. The average Bonchev–Trinajstić information content (AvgIpc) is 2.87. The molecule has 2 aromatic rings. The van der Waals surface area contributed by atoms with Gasteiger partial charge in [-0.3, -0.25) is 14.9 Å². The number of carbonyl (C=O) groups excluding carboxylic acids is 2. The van der Waals surface area contributed by atoms with Gasteiger partial charge in [-0.2, -0.15) is 0 Å². The molecular formula is C17H16Cl2N2O3S. The predicted octanol–water partition coefficient (Wildman–Crippen LogP) is 4.62. The lowest BCUT2D eigenvalue weighted by Gasteiger charge is -2.26. The van der Waals surface area contributed by atoms with E-state index >= 15 is 0 Å². The van der Waals surface area contributed by atoms with E-state index in [2.05, 4.69) is 10.3 Å². The molecule has 1 aromatic heterocycles. The van der Waals surface area contributed by atoms with Crippen molar-refractivity contribution in [2.75, 3.05) is 11.9 Å². The molecule has 0 unspecified atom stereocenters. The molecule has 1 aliphatic carbocycles. The molecule has 0 saturated heterocycles. The minimum Gasteiger partial charge on any atom is -0.482 e. The van der Waals surface area contributed by atoms with E-state index in [0.29, 0.717) is 32.2 Å². The molecule has 1 N–H and O–H groups in total. The average molecular weight is 399 g/mol. The van der Waals surface area contributed by atoms with Crippen molar-refractivity contribution in [3.63, 3.8) is 0 Å². The highest BCUT2D eigenvalue weighted by Crippen LogP contribution is 2.38. The van der Waals surface area contributed by atoms with Gasteiger partial charge in [-0.05, 0) is 30.0 Å². The van der Waals surface area contributed by atoms with Gasteiger partial charge in [-0.25, -0.2) is 4.98 Å². The summed E-state index contributed by atoms with van der Waals surface area (Å²) in [5, 5.41) is 3.90. The number of thiazole rings is 1. The van der Waals surface area contributed by atoms with Crippen molar-refractivity contribution in [1.29, 1.82) is 0 Å². The molecule has 5 nitrogen and oxygen atoms in total. The van der Waals surface area contributed by atoms with Crippen molar-refractivity contribution in [3.05, 3.63) is 38.8 Å². The van der Waals surface area contributed by atoms with Crippen LogP contribution >= 0.6 is 34.5 Å². The first-order chi connectivity index (χ1) is 11.7. The summed E-state index contributed by atoms with van der Waals surface area (Å²) in [6.07, 6.45) is 1.21. The molecule has 0 fully saturated rings. The van der Waals surface area contributed by atoms with E-state index in [1.165, 1.54) is 11.3 Å². The second-order valence-corrected chi connectivity index (χ2v) is 8.49. The Bertz CT molecular complexity index is 848. The van der Waals surface area contributed by atoms with Crippen LogP contribution in [0.5, 0.6) is 5.75 Å². The molecule has 1 aliphatic rings. The van der Waals surface area contributed by atoms with Gasteiger partial charge in [0, 0.05) is 11.4 Å². The van der Waals surface area contributed by atoms with Crippen LogP contribution in [0.1, 0.15) is 35.6 Å². The maximum atomic E-state index is 12.2. The van der Waals surface area contributed by atoms with Gasteiger partial charge < -0.3 is 4.74 Å². The van der Waals surface area contributed by atoms with Crippen LogP contribution < -0.4 is 10.1 Å². The van der Waals surface area contributed by atoms with E-state index in [-0.39, 0.29) is 23.7 Å². The van der Waals surface area contributed by atoms with Gasteiger partial charge in [0.2, 0.25) is 0 Å². The smallest absolute Gasteiger partial charge is 0.264 e. The lowest BCUT2D eigenvalue weighted by Crippen LogP contribution is -2.26. The molecule has 0 atom stereocenters. The topological polar surface area (TPSA) is 68.3 Å². The number of nitrogens with zero attached hydrogens (tertiary/aromatic N) is 1. The Balaban J connectivity index is 1.63. The van der Waals surface area contributed by atoms with E-state index in [4.69, 9.17) is 27.9 Å². The van der Waals surface area contributed by atoms with E-state index < -0.39 is 0 Å². The van der Waals surface area contributed by atoms with Crippen LogP contribution in [-0.4, -0.2) is 23.3 Å². The molecule has 0 aliphatic heterocycles. The summed E-state index contributed by atoms with van der Waals surface area (Å²) in [4.78, 5) is 29.3. The van der Waals surface area contributed by atoms with Crippen LogP contribution in [0.2, 0.25) is 10.0 Å². The van der Waals surface area contributed by atoms with E-state index in [9.17, 15) is 9.59 Å². The number of fused-ring (bicyclic) bond motifs is 1. The summed E-state index contributed by atoms with van der Waals surface area (Å²) in [5.41, 5.74) is 0.650. The first-order valence-electron chi connectivity index (χ1n) is 7.64. The zero-order valence-corrected chi connectivity index (χ0v) is 16.0. The molecule has 8 heteroatoms. The fraction of sp³-hybridized carbons (Fsp3) is 0.353. The number of nitrogens with one attached hydrogen (secondary N) is 1. The number of Topliss-reactive ketones (excluding diaryl/α,β-unsaturated/α-hetero) is 1. The highest BCUT2D eigenvalue weighted by Gasteiger charge is 2.34. The fourth-order valence-corrected chi connectivity index (χ4v) is 4.06. The van der Waals surface area contributed by atoms with Gasteiger partial charge in [0.25, 0.3) is 5.91 Å². The second kappa shape index (κ2) is 6.94. The monoisotopic (exact) mass is 398 g/mol. The number of hydrogen-bond donors (Lipinski definition) is 1. The third kappa shape index (κ3) is 4.32. The largest absolute Gasteiger partial charge is 0.482 e. The minimum atomic E-state index is -0.371. The van der Waals surface area contributed by atoms with E-state index in [1.54, 1.807) is 18.2 Å². The molecule has 0 radical (unpaired) electrons. The van der Waals surface area contributed by atoms with Crippen LogP contribution in [0.15, 0.2) is 18.2 Å². The summed E-state index contributed by atoms with van der Waals surface area (Å²) in [5.74, 6) is 0.0776. The Morgan fingerprint density at radius 1 is 1.36 bits per heavy atom. The Hall–Kier alpha value is -1.63. The Labute approximate surface area is 159 Å². The Morgan fingerprint density at radius 2 is 2.12 bits per heavy atom. The number of ether oxygens (including phenoxy) is 1. The summed E-state index contributed by atoms with van der Waals surface area (Å²) in [6, 6.07) is 4.77. The lowest BCUT2D eigenvalue weighted by molar-refractivity contribution is -0.118. The number of anilines is 1. The maximum Gasteiger partial charge on any atom is 0.264 e. The van der Waals surface area contributed by atoms with Crippen LogP contribution in [-0.2, 0) is 11.2 Å². The summed E-state index contributed by atoms with van der Waals surface area (Å²) in [7, 11) is 0. The summed E-state index contributed by atoms with van der Waals surface area (Å²) < 4.78 is 5.39. The highest BCUT2D eigenvalue weighted by molar-refractivity contribution is 7.17. The van der Waals surface area contributed by atoms with E-state index in [0.717, 1.165) is 12.1 Å². The van der Waals surface area contributed by atoms with Gasteiger partial charge >= 0.3 is 0 Å². The normalized spacial score (nSPS) is 15.6. The van der Waals surface area contributed by atoms with Crippen LogP contribution in [0.25, 0.3) is 0 Å². The van der Waals surface area contributed by atoms with Crippen molar-refractivity contribution in [2.24, 2.45) is 5.41 Å². The number of rotatable bonds is 4. The van der Waals surface area contributed by atoms with Gasteiger partial charge in [0.15, 0.2) is 17.5 Å². The zero-order chi connectivity index (χ0) is 18.2. The molecule has 1 amide bonds. The molecule has 3 rings (SSSR count). The Kier molecular flexibility index (Phi) is 5.04. The molecular weight excluding hydrogens is 383 g/mol. The quantitative estimate of drug-likeness (QED) is 0.815. The third-order valence-corrected chi connectivity index (χ3v) is 5.32. The van der Waals surface area contributed by atoms with Crippen molar-refractivity contribution >= 4 is 51.4 Å². The zero-order valence-electron chi connectivity index (χ0n) is 13.7. The first-order valence-corrected chi connectivity index (χ1v) is 9.21. The van der Waals surface area contributed by atoms with E-state index in [1.807, 2.05) is 13.8 Å². The Morgan fingerprint density at radius 3 is 2.84 bits per heavy atom. The molecule has 1 aromatic carbocycles. The van der Waals surface area contributed by atoms with Crippen molar-refractivity contribution in [2.45, 2.75) is 26.7 Å². The second-order valence-electron chi connectivity index (χ2n) is 6.65. The van der Waals surface area contributed by atoms with Gasteiger partial charge in [-0.1, -0.05) is 48.4 Å². The van der Waals surface area contributed by atoms with Crippen LogP contribution in [0, 0.1) is 5.41 Å². The minimum absolute atomic E-state index is 0.0773. The van der Waals surface area contributed by atoms with Crippen molar-refractivity contribution in [3.8, 4) is 5.75 Å². The third-order valence-electron chi connectivity index (χ3n) is 3.73. The number of halogens is 2. The molecule has 0 spiro atoms. The number of amides is 1. The number of carbonyl (C=O) groups is 2. The van der Waals surface area contributed by atoms with Crippen molar-refractivity contribution in [1.82, 2.24) is 4.98 Å². The summed E-state index contributed by atoms with van der Waals surface area (Å²) in [6.45, 7) is 3.86. The summed E-state index contributed by atoms with van der Waals surface area (Å²) >= 11 is 13.0. The van der Waals surface area contributed by atoms with Gasteiger partial charge in [0.1, 0.15) is 5.75 Å².